The Balaban J connectivity index is 1.80. The quantitative estimate of drug-likeness (QED) is 0.825. The molecule has 6 nitrogen and oxygen atoms in total. The minimum absolute atomic E-state index is 0.0827. The van der Waals surface area contributed by atoms with E-state index in [1.54, 1.807) is 18.2 Å². The van der Waals surface area contributed by atoms with Gasteiger partial charge in [-0.25, -0.2) is 9.78 Å². The van der Waals surface area contributed by atoms with Crippen LogP contribution >= 0.6 is 0 Å². The number of benzene rings is 1. The van der Waals surface area contributed by atoms with E-state index < -0.39 is 0 Å². The standard InChI is InChI=1S/C18H21N3O3/c1-2-10-24-17(23)12-6-5-7-13(11-12)19-18-20-15-9-4-3-8-14(15)16(22)21-18/h5-7,11H,2-4,8-10H2,1H3,(H2,19,20,21,22). The minimum atomic E-state index is -0.354. The monoisotopic (exact) mass is 327 g/mol. The molecule has 2 N–H and O–H groups in total. The number of nitrogens with zero attached hydrogens (tertiary/aromatic N) is 1. The SMILES string of the molecule is CCCOC(=O)c1cccc(Nc2nc3c(c(=O)[nH]2)CCCC3)c1. The highest BCUT2D eigenvalue weighted by molar-refractivity contribution is 5.90. The van der Waals surface area contributed by atoms with Crippen LogP contribution in [-0.2, 0) is 17.6 Å². The fraction of sp³-hybridized carbons (Fsp3) is 0.389. The van der Waals surface area contributed by atoms with Gasteiger partial charge in [-0.2, -0.15) is 0 Å². The molecule has 24 heavy (non-hydrogen) atoms. The molecule has 0 saturated heterocycles. The molecule has 1 aliphatic carbocycles. The number of aryl methyl sites for hydroxylation is 1. The number of hydrogen-bond donors (Lipinski definition) is 2. The van der Waals surface area contributed by atoms with Crippen LogP contribution in [0.3, 0.4) is 0 Å². The predicted molar refractivity (Wildman–Crippen MR) is 91.8 cm³/mol. The van der Waals surface area contributed by atoms with Crippen molar-refractivity contribution in [3.05, 3.63) is 51.4 Å². The van der Waals surface area contributed by atoms with Gasteiger partial charge in [-0.05, 0) is 50.3 Å². The normalized spacial score (nSPS) is 13.2. The predicted octanol–water partition coefficient (Wildman–Crippen LogP) is 2.96. The lowest BCUT2D eigenvalue weighted by molar-refractivity contribution is 0.0505. The smallest absolute Gasteiger partial charge is 0.338 e. The first kappa shape index (κ1) is 16.2. The molecule has 1 heterocycles. The van der Waals surface area contributed by atoms with Crippen molar-refractivity contribution in [3.8, 4) is 0 Å². The molecule has 0 fully saturated rings. The Morgan fingerprint density at radius 3 is 3.00 bits per heavy atom. The fourth-order valence-corrected chi connectivity index (χ4v) is 2.80. The van der Waals surface area contributed by atoms with Crippen molar-refractivity contribution in [2.45, 2.75) is 39.0 Å². The summed E-state index contributed by atoms with van der Waals surface area (Å²) in [5.41, 5.74) is 2.73. The van der Waals surface area contributed by atoms with Crippen LogP contribution in [0.25, 0.3) is 0 Å². The molecule has 126 valence electrons. The van der Waals surface area contributed by atoms with E-state index in [9.17, 15) is 9.59 Å². The molecular weight excluding hydrogens is 306 g/mol. The van der Waals surface area contributed by atoms with Crippen molar-refractivity contribution in [1.29, 1.82) is 0 Å². The molecule has 1 aromatic carbocycles. The lowest BCUT2D eigenvalue weighted by Gasteiger charge is -2.15. The summed E-state index contributed by atoms with van der Waals surface area (Å²) in [6, 6.07) is 6.97. The molecular formula is C18H21N3O3. The average molecular weight is 327 g/mol. The lowest BCUT2D eigenvalue weighted by Crippen LogP contribution is -2.22. The van der Waals surface area contributed by atoms with Gasteiger partial charge in [0.15, 0.2) is 0 Å². The average Bonchev–Trinajstić information content (AvgIpc) is 2.60. The number of anilines is 2. The molecule has 2 aromatic rings. The second kappa shape index (κ2) is 7.29. The van der Waals surface area contributed by atoms with E-state index in [-0.39, 0.29) is 11.5 Å². The summed E-state index contributed by atoms with van der Waals surface area (Å²) in [4.78, 5) is 31.4. The Hall–Kier alpha value is -2.63. The lowest BCUT2D eigenvalue weighted by atomic mass is 9.97. The Kier molecular flexibility index (Phi) is 4.93. The van der Waals surface area contributed by atoms with Crippen molar-refractivity contribution in [2.24, 2.45) is 0 Å². The van der Waals surface area contributed by atoms with Crippen LogP contribution in [0.2, 0.25) is 0 Å². The van der Waals surface area contributed by atoms with Crippen LogP contribution < -0.4 is 10.9 Å². The summed E-state index contributed by atoms with van der Waals surface area (Å²) in [6.07, 6.45) is 4.49. The third-order valence-corrected chi connectivity index (χ3v) is 3.99. The van der Waals surface area contributed by atoms with Gasteiger partial charge in [0.2, 0.25) is 5.95 Å². The third kappa shape index (κ3) is 3.64. The van der Waals surface area contributed by atoms with E-state index in [0.29, 0.717) is 23.8 Å². The molecule has 0 atom stereocenters. The number of carbonyl (C=O) groups excluding carboxylic acids is 1. The number of ether oxygens (including phenoxy) is 1. The van der Waals surface area contributed by atoms with Crippen molar-refractivity contribution >= 4 is 17.6 Å². The van der Waals surface area contributed by atoms with Crippen LogP contribution in [0.1, 0.15) is 47.8 Å². The van der Waals surface area contributed by atoms with Gasteiger partial charge >= 0.3 is 5.97 Å². The van der Waals surface area contributed by atoms with E-state index >= 15 is 0 Å². The number of aromatic amines is 1. The van der Waals surface area contributed by atoms with E-state index in [1.165, 1.54) is 0 Å². The fourth-order valence-electron chi connectivity index (χ4n) is 2.80. The molecule has 6 heteroatoms. The Morgan fingerprint density at radius 2 is 2.17 bits per heavy atom. The Bertz CT molecular complexity index is 798. The van der Waals surface area contributed by atoms with E-state index in [1.807, 2.05) is 13.0 Å². The highest BCUT2D eigenvalue weighted by atomic mass is 16.5. The molecule has 0 bridgehead atoms. The molecule has 0 radical (unpaired) electrons. The maximum Gasteiger partial charge on any atom is 0.338 e. The van der Waals surface area contributed by atoms with Gasteiger partial charge in [0.05, 0.1) is 17.9 Å². The Labute approximate surface area is 140 Å². The number of aromatic nitrogens is 2. The van der Waals surface area contributed by atoms with Crippen molar-refractivity contribution in [1.82, 2.24) is 9.97 Å². The molecule has 1 aliphatic rings. The van der Waals surface area contributed by atoms with Gasteiger partial charge in [-0.1, -0.05) is 13.0 Å². The number of hydrogen-bond acceptors (Lipinski definition) is 5. The van der Waals surface area contributed by atoms with Crippen molar-refractivity contribution in [2.75, 3.05) is 11.9 Å². The highest BCUT2D eigenvalue weighted by Gasteiger charge is 2.15. The van der Waals surface area contributed by atoms with Crippen LogP contribution in [0.4, 0.5) is 11.6 Å². The first-order valence-corrected chi connectivity index (χ1v) is 8.33. The molecule has 1 aromatic heterocycles. The summed E-state index contributed by atoms with van der Waals surface area (Å²) >= 11 is 0. The van der Waals surface area contributed by atoms with Crippen LogP contribution in [0.15, 0.2) is 29.1 Å². The molecule has 0 spiro atoms. The van der Waals surface area contributed by atoms with E-state index in [2.05, 4.69) is 15.3 Å². The Morgan fingerprint density at radius 1 is 1.33 bits per heavy atom. The zero-order valence-corrected chi connectivity index (χ0v) is 13.7. The zero-order chi connectivity index (χ0) is 16.9. The second-order valence-electron chi connectivity index (χ2n) is 5.89. The molecule has 3 rings (SSSR count). The summed E-state index contributed by atoms with van der Waals surface area (Å²) in [5, 5.41) is 3.07. The van der Waals surface area contributed by atoms with Gasteiger partial charge in [0.25, 0.3) is 5.56 Å². The third-order valence-electron chi connectivity index (χ3n) is 3.99. The number of nitrogens with one attached hydrogen (secondary N) is 2. The summed E-state index contributed by atoms with van der Waals surface area (Å²) < 4.78 is 5.14. The number of esters is 1. The number of H-pyrrole nitrogens is 1. The molecule has 0 unspecified atom stereocenters. The zero-order valence-electron chi connectivity index (χ0n) is 13.7. The molecule has 0 amide bonds. The largest absolute Gasteiger partial charge is 0.462 e. The topological polar surface area (TPSA) is 84.1 Å². The number of rotatable bonds is 5. The summed E-state index contributed by atoms with van der Waals surface area (Å²) in [6.45, 7) is 2.35. The first-order chi connectivity index (χ1) is 11.7. The van der Waals surface area contributed by atoms with Gasteiger partial charge in [0.1, 0.15) is 0 Å². The number of carbonyl (C=O) groups is 1. The van der Waals surface area contributed by atoms with Crippen LogP contribution in [0, 0.1) is 0 Å². The number of fused-ring (bicyclic) bond motifs is 1. The van der Waals surface area contributed by atoms with Crippen LogP contribution in [-0.4, -0.2) is 22.5 Å². The summed E-state index contributed by atoms with van der Waals surface area (Å²) in [5.74, 6) is 0.0483. The van der Waals surface area contributed by atoms with Gasteiger partial charge in [0, 0.05) is 11.3 Å². The van der Waals surface area contributed by atoms with Gasteiger partial charge in [-0.15, -0.1) is 0 Å². The first-order valence-electron chi connectivity index (χ1n) is 8.33. The maximum atomic E-state index is 12.2. The van der Waals surface area contributed by atoms with E-state index in [4.69, 9.17) is 4.74 Å². The highest BCUT2D eigenvalue weighted by Crippen LogP contribution is 2.19. The maximum absolute atomic E-state index is 12.2. The molecule has 0 saturated carbocycles. The van der Waals surface area contributed by atoms with Crippen LogP contribution in [0.5, 0.6) is 0 Å². The van der Waals surface area contributed by atoms with Gasteiger partial charge in [-0.3, -0.25) is 9.78 Å². The van der Waals surface area contributed by atoms with Gasteiger partial charge < -0.3 is 10.1 Å². The second-order valence-corrected chi connectivity index (χ2v) is 5.89. The molecule has 0 aliphatic heterocycles. The minimum Gasteiger partial charge on any atom is -0.462 e. The summed E-state index contributed by atoms with van der Waals surface area (Å²) in [7, 11) is 0. The van der Waals surface area contributed by atoms with Crippen molar-refractivity contribution in [3.63, 3.8) is 0 Å². The van der Waals surface area contributed by atoms with Crippen molar-refractivity contribution < 1.29 is 9.53 Å². The van der Waals surface area contributed by atoms with E-state index in [0.717, 1.165) is 43.4 Å².